The second-order valence-electron chi connectivity index (χ2n) is 4.62. The van der Waals surface area contributed by atoms with Crippen LogP contribution in [0, 0.1) is 10.1 Å². The molecule has 0 bridgehead atoms. The molecule has 0 aliphatic heterocycles. The van der Waals surface area contributed by atoms with Crippen LogP contribution in [0.4, 0.5) is 5.69 Å². The average molecular weight is 252 g/mol. The standard InChI is InChI=1S/C12H16N2O4/c1-4-12(2,3)13-11(16)8-6-5-7-9(10(8)15)14(17)18/h5-7,15H,4H2,1-3H3,(H,13,16). The Morgan fingerprint density at radius 3 is 2.61 bits per heavy atom. The molecular weight excluding hydrogens is 236 g/mol. The summed E-state index contributed by atoms with van der Waals surface area (Å²) in [6.45, 7) is 5.58. The highest BCUT2D eigenvalue weighted by Gasteiger charge is 2.24. The largest absolute Gasteiger partial charge is 0.502 e. The quantitative estimate of drug-likeness (QED) is 0.634. The molecule has 18 heavy (non-hydrogen) atoms. The maximum atomic E-state index is 11.9. The zero-order valence-electron chi connectivity index (χ0n) is 10.6. The minimum Gasteiger partial charge on any atom is -0.502 e. The van der Waals surface area contributed by atoms with E-state index in [0.29, 0.717) is 6.42 Å². The second kappa shape index (κ2) is 5.03. The number of hydrogen-bond acceptors (Lipinski definition) is 4. The molecule has 0 spiro atoms. The van der Waals surface area contributed by atoms with Crippen LogP contribution in [0.5, 0.6) is 5.75 Å². The van der Waals surface area contributed by atoms with Crippen molar-refractivity contribution in [2.24, 2.45) is 0 Å². The van der Waals surface area contributed by atoms with Crippen LogP contribution in [-0.2, 0) is 0 Å². The molecule has 0 saturated carbocycles. The monoisotopic (exact) mass is 252 g/mol. The Bertz CT molecular complexity index is 483. The summed E-state index contributed by atoms with van der Waals surface area (Å²) in [5, 5.41) is 23.1. The van der Waals surface area contributed by atoms with E-state index in [2.05, 4.69) is 5.32 Å². The summed E-state index contributed by atoms with van der Waals surface area (Å²) in [4.78, 5) is 21.8. The van der Waals surface area contributed by atoms with Gasteiger partial charge >= 0.3 is 5.69 Å². The maximum Gasteiger partial charge on any atom is 0.311 e. The Kier molecular flexibility index (Phi) is 3.90. The van der Waals surface area contributed by atoms with Crippen molar-refractivity contribution in [1.82, 2.24) is 5.32 Å². The molecule has 0 aromatic heterocycles. The lowest BCUT2D eigenvalue weighted by atomic mass is 10.0. The highest BCUT2D eigenvalue weighted by molar-refractivity contribution is 5.98. The number of amides is 1. The molecule has 6 heteroatoms. The number of carbonyl (C=O) groups is 1. The number of rotatable bonds is 4. The molecule has 0 heterocycles. The van der Waals surface area contributed by atoms with Crippen molar-refractivity contribution in [3.63, 3.8) is 0 Å². The van der Waals surface area contributed by atoms with E-state index < -0.39 is 27.8 Å². The first-order chi connectivity index (χ1) is 8.28. The Morgan fingerprint density at radius 1 is 1.50 bits per heavy atom. The van der Waals surface area contributed by atoms with Crippen molar-refractivity contribution in [2.45, 2.75) is 32.7 Å². The topological polar surface area (TPSA) is 92.5 Å². The SMILES string of the molecule is CCC(C)(C)NC(=O)c1cccc([N+](=O)[O-])c1O. The van der Waals surface area contributed by atoms with Crippen LogP contribution < -0.4 is 5.32 Å². The van der Waals surface area contributed by atoms with Gasteiger partial charge in [0.15, 0.2) is 0 Å². The molecule has 0 aliphatic carbocycles. The van der Waals surface area contributed by atoms with Crippen LogP contribution in [0.3, 0.4) is 0 Å². The predicted octanol–water partition coefficient (Wildman–Crippen LogP) is 2.22. The van der Waals surface area contributed by atoms with Gasteiger partial charge in [-0.2, -0.15) is 0 Å². The van der Waals surface area contributed by atoms with Gasteiger partial charge in [-0.3, -0.25) is 14.9 Å². The van der Waals surface area contributed by atoms with Gasteiger partial charge in [-0.25, -0.2) is 0 Å². The molecule has 0 radical (unpaired) electrons. The minimum atomic E-state index is -0.725. The number of nitrogens with zero attached hydrogens (tertiary/aromatic N) is 1. The molecule has 1 aromatic carbocycles. The molecule has 2 N–H and O–H groups in total. The lowest BCUT2D eigenvalue weighted by Crippen LogP contribution is -2.42. The van der Waals surface area contributed by atoms with Gasteiger partial charge in [-0.15, -0.1) is 0 Å². The number of benzene rings is 1. The van der Waals surface area contributed by atoms with Crippen molar-refractivity contribution < 1.29 is 14.8 Å². The first kappa shape index (κ1) is 14.0. The number of phenols is 1. The lowest BCUT2D eigenvalue weighted by Gasteiger charge is -2.24. The van der Waals surface area contributed by atoms with Crippen molar-refractivity contribution in [1.29, 1.82) is 0 Å². The van der Waals surface area contributed by atoms with E-state index in [1.54, 1.807) is 0 Å². The Morgan fingerprint density at radius 2 is 2.11 bits per heavy atom. The van der Waals surface area contributed by atoms with Crippen LogP contribution in [-0.4, -0.2) is 21.5 Å². The van der Waals surface area contributed by atoms with Gasteiger partial charge in [-0.1, -0.05) is 13.0 Å². The van der Waals surface area contributed by atoms with Gasteiger partial charge in [-0.05, 0) is 26.3 Å². The molecule has 1 amide bonds. The fourth-order valence-corrected chi connectivity index (χ4v) is 1.32. The number of nitro groups is 1. The predicted molar refractivity (Wildman–Crippen MR) is 66.6 cm³/mol. The molecule has 0 saturated heterocycles. The second-order valence-corrected chi connectivity index (χ2v) is 4.62. The fourth-order valence-electron chi connectivity index (χ4n) is 1.32. The van der Waals surface area contributed by atoms with Gasteiger partial charge in [0.25, 0.3) is 5.91 Å². The first-order valence-electron chi connectivity index (χ1n) is 5.57. The summed E-state index contributed by atoms with van der Waals surface area (Å²) in [5.41, 5.74) is -1.00. The summed E-state index contributed by atoms with van der Waals surface area (Å²) in [7, 11) is 0. The number of nitrogens with one attached hydrogen (secondary N) is 1. The van der Waals surface area contributed by atoms with E-state index in [1.807, 2.05) is 20.8 Å². The van der Waals surface area contributed by atoms with Crippen molar-refractivity contribution >= 4 is 11.6 Å². The third kappa shape index (κ3) is 2.97. The van der Waals surface area contributed by atoms with E-state index in [9.17, 15) is 20.0 Å². The smallest absolute Gasteiger partial charge is 0.311 e. The third-order valence-electron chi connectivity index (χ3n) is 2.79. The highest BCUT2D eigenvalue weighted by Crippen LogP contribution is 2.29. The zero-order chi connectivity index (χ0) is 13.9. The van der Waals surface area contributed by atoms with Crippen LogP contribution >= 0.6 is 0 Å². The van der Waals surface area contributed by atoms with Crippen LogP contribution in [0.1, 0.15) is 37.6 Å². The summed E-state index contributed by atoms with van der Waals surface area (Å²) in [6.07, 6.45) is 0.703. The number of nitro benzene ring substituents is 1. The van der Waals surface area contributed by atoms with E-state index in [-0.39, 0.29) is 5.56 Å². The average Bonchev–Trinajstić information content (AvgIpc) is 2.28. The third-order valence-corrected chi connectivity index (χ3v) is 2.79. The Labute approximate surface area is 105 Å². The van der Waals surface area contributed by atoms with E-state index in [1.165, 1.54) is 12.1 Å². The number of phenolic OH excluding ortho intramolecular Hbond substituents is 1. The van der Waals surface area contributed by atoms with E-state index in [4.69, 9.17) is 0 Å². The van der Waals surface area contributed by atoms with Crippen LogP contribution in [0.25, 0.3) is 0 Å². The first-order valence-corrected chi connectivity index (χ1v) is 5.57. The van der Waals surface area contributed by atoms with Crippen LogP contribution in [0.2, 0.25) is 0 Å². The normalized spacial score (nSPS) is 11.1. The number of para-hydroxylation sites is 1. The van der Waals surface area contributed by atoms with Crippen LogP contribution in [0.15, 0.2) is 18.2 Å². The molecule has 1 rings (SSSR count). The molecule has 1 aromatic rings. The highest BCUT2D eigenvalue weighted by atomic mass is 16.6. The molecule has 0 unspecified atom stereocenters. The molecule has 0 atom stereocenters. The lowest BCUT2D eigenvalue weighted by molar-refractivity contribution is -0.385. The number of carbonyl (C=O) groups excluding carboxylic acids is 1. The molecule has 98 valence electrons. The fraction of sp³-hybridized carbons (Fsp3) is 0.417. The summed E-state index contributed by atoms with van der Waals surface area (Å²) >= 11 is 0. The van der Waals surface area contributed by atoms with Gasteiger partial charge in [0.1, 0.15) is 0 Å². The van der Waals surface area contributed by atoms with Gasteiger partial charge in [0, 0.05) is 11.6 Å². The molecular formula is C12H16N2O4. The number of aromatic hydroxyl groups is 1. The Hall–Kier alpha value is -2.11. The Balaban J connectivity index is 3.08. The van der Waals surface area contributed by atoms with Crippen molar-refractivity contribution in [2.75, 3.05) is 0 Å². The van der Waals surface area contributed by atoms with E-state index >= 15 is 0 Å². The molecule has 0 aliphatic rings. The zero-order valence-corrected chi connectivity index (χ0v) is 10.6. The maximum absolute atomic E-state index is 11.9. The number of hydrogen-bond donors (Lipinski definition) is 2. The molecule has 6 nitrogen and oxygen atoms in total. The summed E-state index contributed by atoms with van der Waals surface area (Å²) in [6, 6.07) is 3.87. The summed E-state index contributed by atoms with van der Waals surface area (Å²) in [5.74, 6) is -1.13. The van der Waals surface area contributed by atoms with E-state index in [0.717, 1.165) is 6.07 Å². The van der Waals surface area contributed by atoms with Gasteiger partial charge in [0.05, 0.1) is 10.5 Å². The summed E-state index contributed by atoms with van der Waals surface area (Å²) < 4.78 is 0. The van der Waals surface area contributed by atoms with Gasteiger partial charge in [0.2, 0.25) is 5.75 Å². The van der Waals surface area contributed by atoms with Crippen molar-refractivity contribution in [3.8, 4) is 5.75 Å². The minimum absolute atomic E-state index is 0.0919. The molecule has 0 fully saturated rings. The van der Waals surface area contributed by atoms with Crippen molar-refractivity contribution in [3.05, 3.63) is 33.9 Å². The van der Waals surface area contributed by atoms with Gasteiger partial charge < -0.3 is 10.4 Å².